The summed E-state index contributed by atoms with van der Waals surface area (Å²) in [6.45, 7) is 0.866. The highest BCUT2D eigenvalue weighted by Gasteiger charge is 2.15. The highest BCUT2D eigenvalue weighted by atomic mass is 16.7. The van der Waals surface area contributed by atoms with E-state index in [-0.39, 0.29) is 6.79 Å². The van der Waals surface area contributed by atoms with E-state index in [9.17, 15) is 0 Å². The van der Waals surface area contributed by atoms with Crippen LogP contribution in [0.3, 0.4) is 0 Å². The first kappa shape index (κ1) is 10.8. The van der Waals surface area contributed by atoms with Crippen LogP contribution in [0.5, 0.6) is 11.5 Å². The molecule has 0 unspecified atom stereocenters. The van der Waals surface area contributed by atoms with Crippen LogP contribution in [-0.4, -0.2) is 19.0 Å². The molecule has 3 rings (SSSR count). The molecule has 0 fully saturated rings. The quantitative estimate of drug-likeness (QED) is 0.888. The normalized spacial score (nSPS) is 12.7. The molecule has 1 aromatic heterocycles. The Kier molecular flexibility index (Phi) is 2.47. The van der Waals surface area contributed by atoms with Gasteiger partial charge in [-0.05, 0) is 12.1 Å². The third kappa shape index (κ3) is 1.92. The smallest absolute Gasteiger partial charge is 0.231 e. The van der Waals surface area contributed by atoms with Crippen molar-refractivity contribution in [3.63, 3.8) is 0 Å². The summed E-state index contributed by atoms with van der Waals surface area (Å²) in [5, 5.41) is 3.65. The van der Waals surface area contributed by atoms with E-state index in [1.54, 1.807) is 6.07 Å². The zero-order valence-electron chi connectivity index (χ0n) is 9.92. The summed E-state index contributed by atoms with van der Waals surface area (Å²) in [6, 6.07) is 7.50. The fraction of sp³-hybridized carbons (Fsp3) is 0.250. The maximum Gasteiger partial charge on any atom is 0.231 e. The van der Waals surface area contributed by atoms with Gasteiger partial charge in [-0.15, -0.1) is 0 Å². The molecule has 2 heterocycles. The van der Waals surface area contributed by atoms with Gasteiger partial charge in [0.2, 0.25) is 6.79 Å². The molecule has 1 aromatic carbocycles. The zero-order valence-corrected chi connectivity index (χ0v) is 9.92. The first-order chi connectivity index (χ1) is 8.72. The molecule has 18 heavy (non-hydrogen) atoms. The summed E-state index contributed by atoms with van der Waals surface area (Å²) in [7, 11) is 1.95. The van der Waals surface area contributed by atoms with Crippen molar-refractivity contribution in [2.45, 2.75) is 6.54 Å². The molecule has 1 aliphatic rings. The molecule has 6 nitrogen and oxygen atoms in total. The van der Waals surface area contributed by atoms with Crippen molar-refractivity contribution in [2.24, 2.45) is 0 Å². The van der Waals surface area contributed by atoms with E-state index in [0.29, 0.717) is 18.1 Å². The fourth-order valence-corrected chi connectivity index (χ4v) is 1.85. The average Bonchev–Trinajstić information content (AvgIpc) is 2.96. The van der Waals surface area contributed by atoms with Gasteiger partial charge in [0.25, 0.3) is 0 Å². The molecule has 0 saturated carbocycles. The molecular formula is C12H13N3O3. The summed E-state index contributed by atoms with van der Waals surface area (Å²) < 4.78 is 15.7. The lowest BCUT2D eigenvalue weighted by Crippen LogP contribution is -2.15. The Morgan fingerprint density at radius 3 is 2.89 bits per heavy atom. The molecule has 1 aliphatic heterocycles. The van der Waals surface area contributed by atoms with E-state index in [1.165, 1.54) is 0 Å². The molecule has 0 radical (unpaired) electrons. The molecule has 0 saturated heterocycles. The van der Waals surface area contributed by atoms with Crippen LogP contribution in [0.4, 0.5) is 11.5 Å². The second kappa shape index (κ2) is 4.14. The Bertz CT molecular complexity index is 567. The topological polar surface area (TPSA) is 73.8 Å². The van der Waals surface area contributed by atoms with Gasteiger partial charge in [0.1, 0.15) is 0 Å². The van der Waals surface area contributed by atoms with Crippen molar-refractivity contribution in [3.8, 4) is 11.5 Å². The average molecular weight is 247 g/mol. The van der Waals surface area contributed by atoms with Crippen molar-refractivity contribution in [1.29, 1.82) is 0 Å². The van der Waals surface area contributed by atoms with Crippen LogP contribution >= 0.6 is 0 Å². The number of aromatic nitrogens is 1. The van der Waals surface area contributed by atoms with Crippen molar-refractivity contribution in [3.05, 3.63) is 30.0 Å². The lowest BCUT2D eigenvalue weighted by molar-refractivity contribution is 0.174. The van der Waals surface area contributed by atoms with Crippen LogP contribution in [0.15, 0.2) is 28.8 Å². The number of hydrogen-bond acceptors (Lipinski definition) is 6. The van der Waals surface area contributed by atoms with E-state index in [2.05, 4.69) is 5.16 Å². The lowest BCUT2D eigenvalue weighted by atomic mass is 10.2. The molecule has 0 amide bonds. The van der Waals surface area contributed by atoms with E-state index in [4.69, 9.17) is 19.7 Å². The zero-order chi connectivity index (χ0) is 12.5. The van der Waals surface area contributed by atoms with Gasteiger partial charge in [0.15, 0.2) is 23.1 Å². The van der Waals surface area contributed by atoms with Crippen molar-refractivity contribution < 1.29 is 14.0 Å². The van der Waals surface area contributed by atoms with Crippen LogP contribution in [0.25, 0.3) is 0 Å². The number of hydrogen-bond donors (Lipinski definition) is 1. The van der Waals surface area contributed by atoms with Crippen molar-refractivity contribution in [2.75, 3.05) is 24.5 Å². The largest absolute Gasteiger partial charge is 0.454 e. The molecule has 6 heteroatoms. The van der Waals surface area contributed by atoms with Crippen LogP contribution < -0.4 is 20.1 Å². The van der Waals surface area contributed by atoms with Crippen LogP contribution in [0.1, 0.15) is 5.76 Å². The van der Waals surface area contributed by atoms with Gasteiger partial charge in [0.05, 0.1) is 6.54 Å². The highest BCUT2D eigenvalue weighted by Crippen LogP contribution is 2.35. The van der Waals surface area contributed by atoms with Gasteiger partial charge in [0, 0.05) is 24.9 Å². The van der Waals surface area contributed by atoms with Crippen LogP contribution in [-0.2, 0) is 6.54 Å². The van der Waals surface area contributed by atoms with Gasteiger partial charge in [-0.1, -0.05) is 5.16 Å². The molecule has 0 bridgehead atoms. The minimum Gasteiger partial charge on any atom is -0.454 e. The van der Waals surface area contributed by atoms with Gasteiger partial charge in [-0.3, -0.25) is 0 Å². The van der Waals surface area contributed by atoms with E-state index < -0.39 is 0 Å². The Morgan fingerprint density at radius 1 is 1.28 bits per heavy atom. The van der Waals surface area contributed by atoms with Crippen LogP contribution in [0, 0.1) is 0 Å². The molecule has 94 valence electrons. The van der Waals surface area contributed by atoms with Gasteiger partial charge < -0.3 is 24.6 Å². The first-order valence-electron chi connectivity index (χ1n) is 5.54. The number of benzene rings is 1. The summed E-state index contributed by atoms with van der Waals surface area (Å²) in [4.78, 5) is 2.02. The second-order valence-corrected chi connectivity index (χ2v) is 4.11. The Balaban J connectivity index is 1.78. The molecule has 2 N–H and O–H groups in total. The highest BCUT2D eigenvalue weighted by molar-refractivity contribution is 5.56. The number of nitrogens with zero attached hydrogens (tertiary/aromatic N) is 2. The number of anilines is 2. The predicted octanol–water partition coefficient (Wildman–Crippen LogP) is 1.62. The molecule has 2 aromatic rings. The van der Waals surface area contributed by atoms with Gasteiger partial charge in [-0.25, -0.2) is 0 Å². The lowest BCUT2D eigenvalue weighted by Gasteiger charge is -2.17. The Labute approximate surface area is 104 Å². The third-order valence-corrected chi connectivity index (χ3v) is 2.77. The van der Waals surface area contributed by atoms with E-state index in [0.717, 1.165) is 17.2 Å². The second-order valence-electron chi connectivity index (χ2n) is 4.11. The SMILES string of the molecule is CN(Cc1cc(N)no1)c1ccc2c(c1)OCO2. The molecule has 0 aliphatic carbocycles. The Morgan fingerprint density at radius 2 is 2.11 bits per heavy atom. The minimum absolute atomic E-state index is 0.279. The van der Waals surface area contributed by atoms with Crippen LogP contribution in [0.2, 0.25) is 0 Å². The standard InChI is InChI=1S/C12H13N3O3/c1-15(6-9-5-12(13)14-18-9)8-2-3-10-11(4-8)17-7-16-10/h2-5H,6-7H2,1H3,(H2,13,14). The van der Waals surface area contributed by atoms with E-state index >= 15 is 0 Å². The molecule has 0 spiro atoms. The third-order valence-electron chi connectivity index (χ3n) is 2.77. The molecule has 0 atom stereocenters. The number of fused-ring (bicyclic) bond motifs is 1. The number of rotatable bonds is 3. The number of nitrogen functional groups attached to an aromatic ring is 1. The van der Waals surface area contributed by atoms with Crippen molar-refractivity contribution >= 4 is 11.5 Å². The fourth-order valence-electron chi connectivity index (χ4n) is 1.85. The Hall–Kier alpha value is -2.37. The summed E-state index contributed by atoms with van der Waals surface area (Å²) in [6.07, 6.45) is 0. The van der Waals surface area contributed by atoms with Gasteiger partial charge in [-0.2, -0.15) is 0 Å². The molecular weight excluding hydrogens is 234 g/mol. The maximum absolute atomic E-state index is 5.51. The monoisotopic (exact) mass is 247 g/mol. The minimum atomic E-state index is 0.279. The summed E-state index contributed by atoms with van der Waals surface area (Å²) >= 11 is 0. The number of ether oxygens (including phenoxy) is 2. The van der Waals surface area contributed by atoms with E-state index in [1.807, 2.05) is 30.1 Å². The number of nitrogens with two attached hydrogens (primary N) is 1. The predicted molar refractivity (Wildman–Crippen MR) is 65.6 cm³/mol. The van der Waals surface area contributed by atoms with Crippen molar-refractivity contribution in [1.82, 2.24) is 5.16 Å². The first-order valence-corrected chi connectivity index (χ1v) is 5.54. The van der Waals surface area contributed by atoms with Gasteiger partial charge >= 0.3 is 0 Å². The maximum atomic E-state index is 5.51. The summed E-state index contributed by atoms with van der Waals surface area (Å²) in [5.74, 6) is 2.64. The summed E-state index contributed by atoms with van der Waals surface area (Å²) in [5.41, 5.74) is 6.52.